The molecular formula is C24H20BrNO4. The second-order valence-corrected chi connectivity index (χ2v) is 8.11. The first-order valence-corrected chi connectivity index (χ1v) is 10.4. The largest absolute Gasteiger partial charge is 0.480 e. The lowest BCUT2D eigenvalue weighted by atomic mass is 9.98. The molecule has 0 radical (unpaired) electrons. The fourth-order valence-corrected chi connectivity index (χ4v) is 4.10. The molecule has 0 spiro atoms. The van der Waals surface area contributed by atoms with E-state index in [4.69, 9.17) is 4.74 Å². The van der Waals surface area contributed by atoms with Gasteiger partial charge in [0.2, 0.25) is 0 Å². The number of carboxylic acid groups (broad SMARTS) is 1. The Balaban J connectivity index is 1.43. The second kappa shape index (κ2) is 8.71. The van der Waals surface area contributed by atoms with Crippen LogP contribution in [0.3, 0.4) is 0 Å². The molecule has 4 rings (SSSR count). The average Bonchev–Trinajstić information content (AvgIpc) is 3.07. The van der Waals surface area contributed by atoms with Crippen LogP contribution in [0.15, 0.2) is 77.3 Å². The van der Waals surface area contributed by atoms with Gasteiger partial charge in [-0.05, 0) is 39.9 Å². The van der Waals surface area contributed by atoms with E-state index in [0.717, 1.165) is 32.3 Å². The van der Waals surface area contributed by atoms with E-state index >= 15 is 0 Å². The third kappa shape index (κ3) is 4.24. The van der Waals surface area contributed by atoms with Crippen LogP contribution in [0.25, 0.3) is 11.1 Å². The van der Waals surface area contributed by atoms with Crippen LogP contribution in [-0.2, 0) is 16.0 Å². The monoisotopic (exact) mass is 465 g/mol. The number of alkyl carbamates (subject to hydrolysis) is 1. The molecule has 0 bridgehead atoms. The van der Waals surface area contributed by atoms with Gasteiger partial charge in [0, 0.05) is 16.8 Å². The van der Waals surface area contributed by atoms with Crippen LogP contribution in [0.2, 0.25) is 0 Å². The Kier molecular flexibility index (Phi) is 5.86. The minimum Gasteiger partial charge on any atom is -0.480 e. The number of amides is 1. The lowest BCUT2D eigenvalue weighted by Crippen LogP contribution is -2.42. The molecule has 6 heteroatoms. The Bertz CT molecular complexity index is 1040. The van der Waals surface area contributed by atoms with E-state index in [1.165, 1.54) is 0 Å². The fourth-order valence-electron chi connectivity index (χ4n) is 3.84. The summed E-state index contributed by atoms with van der Waals surface area (Å²) in [5, 5.41) is 12.0. The number of halogens is 1. The molecule has 0 heterocycles. The molecule has 1 aliphatic rings. The maximum atomic E-state index is 12.4. The molecule has 1 atom stereocenters. The fraction of sp³-hybridized carbons (Fsp3) is 0.167. The van der Waals surface area contributed by atoms with Crippen molar-refractivity contribution in [2.45, 2.75) is 18.4 Å². The number of carbonyl (C=O) groups excluding carboxylic acids is 1. The van der Waals surface area contributed by atoms with Crippen molar-refractivity contribution in [1.29, 1.82) is 0 Å². The van der Waals surface area contributed by atoms with Crippen molar-refractivity contribution >= 4 is 28.0 Å². The van der Waals surface area contributed by atoms with Crippen molar-refractivity contribution in [3.8, 4) is 11.1 Å². The molecular weight excluding hydrogens is 446 g/mol. The van der Waals surface area contributed by atoms with Crippen LogP contribution in [0.4, 0.5) is 4.79 Å². The lowest BCUT2D eigenvalue weighted by molar-refractivity contribution is -0.139. The van der Waals surface area contributed by atoms with Gasteiger partial charge in [0.15, 0.2) is 0 Å². The molecule has 0 fully saturated rings. The number of rotatable bonds is 6. The molecule has 2 N–H and O–H groups in total. The topological polar surface area (TPSA) is 75.6 Å². The van der Waals surface area contributed by atoms with E-state index in [1.54, 1.807) is 0 Å². The zero-order valence-corrected chi connectivity index (χ0v) is 17.6. The van der Waals surface area contributed by atoms with Crippen molar-refractivity contribution in [3.05, 3.63) is 94.0 Å². The first-order chi connectivity index (χ1) is 14.5. The quantitative estimate of drug-likeness (QED) is 0.537. The van der Waals surface area contributed by atoms with Gasteiger partial charge in [0.1, 0.15) is 12.6 Å². The van der Waals surface area contributed by atoms with Crippen molar-refractivity contribution in [3.63, 3.8) is 0 Å². The van der Waals surface area contributed by atoms with Crippen molar-refractivity contribution < 1.29 is 19.4 Å². The highest BCUT2D eigenvalue weighted by atomic mass is 79.9. The number of aliphatic carboxylic acids is 1. The van der Waals surface area contributed by atoms with Gasteiger partial charge in [-0.1, -0.05) is 76.6 Å². The van der Waals surface area contributed by atoms with Crippen molar-refractivity contribution in [2.75, 3.05) is 6.61 Å². The number of carboxylic acids is 1. The molecule has 3 aromatic carbocycles. The molecule has 1 amide bonds. The molecule has 0 saturated carbocycles. The van der Waals surface area contributed by atoms with Crippen LogP contribution in [0, 0.1) is 0 Å². The van der Waals surface area contributed by atoms with Gasteiger partial charge in [-0.25, -0.2) is 9.59 Å². The summed E-state index contributed by atoms with van der Waals surface area (Å²) in [7, 11) is 0. The Hall–Kier alpha value is -3.12. The van der Waals surface area contributed by atoms with Crippen LogP contribution in [0.5, 0.6) is 0 Å². The van der Waals surface area contributed by atoms with Gasteiger partial charge in [-0.15, -0.1) is 0 Å². The minimum absolute atomic E-state index is 0.0714. The number of carbonyl (C=O) groups is 2. The van der Waals surface area contributed by atoms with E-state index in [2.05, 4.69) is 33.4 Å². The number of fused-ring (bicyclic) bond motifs is 3. The summed E-state index contributed by atoms with van der Waals surface area (Å²) < 4.78 is 6.36. The number of hydrogen-bond acceptors (Lipinski definition) is 3. The number of nitrogens with one attached hydrogen (secondary N) is 1. The molecule has 0 unspecified atom stereocenters. The highest BCUT2D eigenvalue weighted by Gasteiger charge is 2.29. The average molecular weight is 466 g/mol. The molecule has 5 nitrogen and oxygen atoms in total. The van der Waals surface area contributed by atoms with E-state index < -0.39 is 18.1 Å². The second-order valence-electron chi connectivity index (χ2n) is 7.19. The minimum atomic E-state index is -1.11. The van der Waals surface area contributed by atoms with Crippen LogP contribution >= 0.6 is 15.9 Å². The molecule has 1 aliphatic carbocycles. The van der Waals surface area contributed by atoms with E-state index in [9.17, 15) is 14.7 Å². The molecule has 0 aromatic heterocycles. The number of hydrogen-bond donors (Lipinski definition) is 2. The summed E-state index contributed by atoms with van der Waals surface area (Å²) in [4.78, 5) is 24.0. The summed E-state index contributed by atoms with van der Waals surface area (Å²) >= 11 is 3.35. The Morgan fingerprint density at radius 3 is 2.07 bits per heavy atom. The molecule has 3 aromatic rings. The van der Waals surface area contributed by atoms with Crippen LogP contribution in [-0.4, -0.2) is 29.8 Å². The number of benzene rings is 3. The normalized spacial score (nSPS) is 13.2. The third-order valence-electron chi connectivity index (χ3n) is 5.29. The summed E-state index contributed by atoms with van der Waals surface area (Å²) in [5.74, 6) is -1.18. The van der Waals surface area contributed by atoms with Gasteiger partial charge in [0.25, 0.3) is 0 Å². The third-order valence-corrected chi connectivity index (χ3v) is 5.82. The first-order valence-electron chi connectivity index (χ1n) is 9.61. The molecule has 30 heavy (non-hydrogen) atoms. The zero-order chi connectivity index (χ0) is 21.1. The highest BCUT2D eigenvalue weighted by molar-refractivity contribution is 9.10. The summed E-state index contributed by atoms with van der Waals surface area (Å²) in [6.07, 6.45) is -0.561. The summed E-state index contributed by atoms with van der Waals surface area (Å²) in [6.45, 7) is 0.143. The maximum Gasteiger partial charge on any atom is 0.407 e. The Morgan fingerprint density at radius 2 is 1.50 bits per heavy atom. The molecule has 0 saturated heterocycles. The predicted molar refractivity (Wildman–Crippen MR) is 117 cm³/mol. The van der Waals surface area contributed by atoms with E-state index in [0.29, 0.717) is 0 Å². The summed E-state index contributed by atoms with van der Waals surface area (Å²) in [6, 6.07) is 22.4. The van der Waals surface area contributed by atoms with Gasteiger partial charge >= 0.3 is 12.1 Å². The van der Waals surface area contributed by atoms with Gasteiger partial charge < -0.3 is 15.2 Å². The van der Waals surface area contributed by atoms with Gasteiger partial charge in [-0.2, -0.15) is 0 Å². The SMILES string of the molecule is O=C(N[C@H](Cc1ccc(Br)cc1)C(=O)O)OCC1c2ccccc2-c2ccccc21. The van der Waals surface area contributed by atoms with E-state index in [-0.39, 0.29) is 18.9 Å². The maximum absolute atomic E-state index is 12.4. The van der Waals surface area contributed by atoms with Crippen molar-refractivity contribution in [2.24, 2.45) is 0 Å². The predicted octanol–water partition coefficient (Wildman–Crippen LogP) is 4.98. The Morgan fingerprint density at radius 1 is 0.933 bits per heavy atom. The molecule has 0 aliphatic heterocycles. The van der Waals surface area contributed by atoms with Gasteiger partial charge in [0.05, 0.1) is 0 Å². The standard InChI is InChI=1S/C24H20BrNO4/c25-16-11-9-15(10-12-16)13-22(23(27)28)26-24(29)30-14-21-19-7-3-1-5-17(19)18-6-2-4-8-20(18)21/h1-12,21-22H,13-14H2,(H,26,29)(H,27,28)/t22-/m1/s1. The Labute approximate surface area is 182 Å². The van der Waals surface area contributed by atoms with Gasteiger partial charge in [-0.3, -0.25) is 0 Å². The number of ether oxygens (including phenoxy) is 1. The first kappa shape index (κ1) is 20.2. The van der Waals surface area contributed by atoms with E-state index in [1.807, 2.05) is 60.7 Å². The van der Waals surface area contributed by atoms with Crippen LogP contribution in [0.1, 0.15) is 22.6 Å². The summed E-state index contributed by atoms with van der Waals surface area (Å²) in [5.41, 5.74) is 5.30. The highest BCUT2D eigenvalue weighted by Crippen LogP contribution is 2.44. The zero-order valence-electron chi connectivity index (χ0n) is 16.0. The molecule has 152 valence electrons. The van der Waals surface area contributed by atoms with Crippen LogP contribution < -0.4 is 5.32 Å². The van der Waals surface area contributed by atoms with Crippen molar-refractivity contribution in [1.82, 2.24) is 5.32 Å². The lowest BCUT2D eigenvalue weighted by Gasteiger charge is -2.17. The smallest absolute Gasteiger partial charge is 0.407 e.